The van der Waals surface area contributed by atoms with Crippen molar-refractivity contribution in [1.82, 2.24) is 4.57 Å². The minimum Gasteiger partial charge on any atom is -0.391 e. The molecule has 4 aromatic rings. The van der Waals surface area contributed by atoms with Crippen LogP contribution >= 0.6 is 0 Å². The van der Waals surface area contributed by atoms with Crippen molar-refractivity contribution in [3.63, 3.8) is 0 Å². The first-order chi connectivity index (χ1) is 15.0. The fraction of sp³-hybridized carbons (Fsp3) is 0.115. The van der Waals surface area contributed by atoms with Gasteiger partial charge in [0, 0.05) is 16.9 Å². The summed E-state index contributed by atoms with van der Waals surface area (Å²) >= 11 is 0. The molecule has 0 saturated carbocycles. The van der Waals surface area contributed by atoms with Gasteiger partial charge in [0.1, 0.15) is 18.2 Å². The molecule has 5 heteroatoms. The lowest BCUT2D eigenvalue weighted by Crippen LogP contribution is -2.03. The highest BCUT2D eigenvalue weighted by Crippen LogP contribution is 2.30. The molecule has 156 valence electrons. The van der Waals surface area contributed by atoms with Gasteiger partial charge in [0.15, 0.2) is 0 Å². The van der Waals surface area contributed by atoms with E-state index in [0.717, 1.165) is 28.2 Å². The number of nitrogens with zero attached hydrogens (tertiary/aromatic N) is 2. The third-order valence-electron chi connectivity index (χ3n) is 5.09. The van der Waals surface area contributed by atoms with Crippen molar-refractivity contribution in [2.45, 2.75) is 20.5 Å². The summed E-state index contributed by atoms with van der Waals surface area (Å²) in [6.45, 7) is 4.00. The van der Waals surface area contributed by atoms with Gasteiger partial charge in [-0.25, -0.2) is 8.78 Å². The summed E-state index contributed by atoms with van der Waals surface area (Å²) in [4.78, 5) is 5.48. The molecule has 0 N–H and O–H groups in total. The number of oxime groups is 1. The molecule has 1 heterocycles. The number of hydrogen-bond acceptors (Lipinski definition) is 2. The van der Waals surface area contributed by atoms with Gasteiger partial charge in [-0.2, -0.15) is 0 Å². The quantitative estimate of drug-likeness (QED) is 0.255. The summed E-state index contributed by atoms with van der Waals surface area (Å²) in [5.41, 5.74) is 5.86. The molecular weight excluding hydrogens is 394 g/mol. The van der Waals surface area contributed by atoms with E-state index < -0.39 is 0 Å². The topological polar surface area (TPSA) is 26.5 Å². The van der Waals surface area contributed by atoms with Gasteiger partial charge in [-0.1, -0.05) is 53.7 Å². The van der Waals surface area contributed by atoms with E-state index in [1.54, 1.807) is 18.2 Å². The van der Waals surface area contributed by atoms with Crippen LogP contribution in [0, 0.1) is 18.6 Å². The highest BCUT2D eigenvalue weighted by Gasteiger charge is 2.17. The van der Waals surface area contributed by atoms with Crippen LogP contribution in [0.1, 0.15) is 23.7 Å². The van der Waals surface area contributed by atoms with Crippen LogP contribution in [0.3, 0.4) is 0 Å². The Labute approximate surface area is 180 Å². The van der Waals surface area contributed by atoms with Crippen molar-refractivity contribution < 1.29 is 13.6 Å². The van der Waals surface area contributed by atoms with E-state index in [1.807, 2.05) is 60.9 Å². The van der Waals surface area contributed by atoms with Crippen molar-refractivity contribution in [2.24, 2.45) is 5.16 Å². The summed E-state index contributed by atoms with van der Waals surface area (Å²) in [6, 6.07) is 24.7. The Balaban J connectivity index is 1.71. The Kier molecular flexibility index (Phi) is 5.94. The monoisotopic (exact) mass is 416 g/mol. The number of halogens is 2. The van der Waals surface area contributed by atoms with E-state index in [4.69, 9.17) is 4.84 Å². The Morgan fingerprint density at radius 1 is 0.871 bits per heavy atom. The second-order valence-corrected chi connectivity index (χ2v) is 7.29. The first kappa shape index (κ1) is 20.5. The SMILES string of the molecule is C/C(=N\OCc1cccc(F)c1)c1cc(-c2ccccc2)n(-c2cccc(F)c2)c1C. The molecule has 0 radical (unpaired) electrons. The Morgan fingerprint density at radius 3 is 2.29 bits per heavy atom. The molecule has 0 bridgehead atoms. The van der Waals surface area contributed by atoms with Crippen LogP contribution in [-0.2, 0) is 11.4 Å². The van der Waals surface area contributed by atoms with Gasteiger partial charge in [0.2, 0.25) is 0 Å². The normalized spacial score (nSPS) is 11.5. The number of aromatic nitrogens is 1. The maximum atomic E-state index is 14.0. The van der Waals surface area contributed by atoms with Crippen LogP contribution in [0.15, 0.2) is 90.1 Å². The largest absolute Gasteiger partial charge is 0.391 e. The van der Waals surface area contributed by atoms with Gasteiger partial charge in [0.25, 0.3) is 0 Å². The molecule has 0 atom stereocenters. The molecule has 0 fully saturated rings. The first-order valence-corrected chi connectivity index (χ1v) is 9.98. The number of rotatable bonds is 6. The fourth-order valence-electron chi connectivity index (χ4n) is 3.62. The van der Waals surface area contributed by atoms with Gasteiger partial charge in [-0.05, 0) is 61.4 Å². The molecule has 0 aliphatic heterocycles. The van der Waals surface area contributed by atoms with Gasteiger partial charge in [-0.15, -0.1) is 0 Å². The van der Waals surface area contributed by atoms with E-state index in [2.05, 4.69) is 5.16 Å². The smallest absolute Gasteiger partial charge is 0.142 e. The Morgan fingerprint density at radius 2 is 1.58 bits per heavy atom. The summed E-state index contributed by atoms with van der Waals surface area (Å²) in [5.74, 6) is -0.604. The lowest BCUT2D eigenvalue weighted by Gasteiger charge is -2.12. The highest BCUT2D eigenvalue weighted by molar-refractivity contribution is 6.01. The first-order valence-electron chi connectivity index (χ1n) is 9.98. The van der Waals surface area contributed by atoms with E-state index in [9.17, 15) is 8.78 Å². The van der Waals surface area contributed by atoms with Gasteiger partial charge < -0.3 is 9.40 Å². The van der Waals surface area contributed by atoms with Crippen molar-refractivity contribution in [1.29, 1.82) is 0 Å². The summed E-state index contributed by atoms with van der Waals surface area (Å²) in [5, 5.41) is 4.25. The second-order valence-electron chi connectivity index (χ2n) is 7.29. The second kappa shape index (κ2) is 8.96. The standard InChI is InChI=1S/C26H22F2N2O/c1-18(29-31-17-20-8-6-11-22(27)14-20)25-16-26(21-9-4-3-5-10-21)30(19(25)2)24-13-7-12-23(28)15-24/h3-16H,17H2,1-2H3/b29-18+. The molecule has 0 aliphatic carbocycles. The van der Waals surface area contributed by atoms with Crippen molar-refractivity contribution in [3.8, 4) is 16.9 Å². The molecule has 0 spiro atoms. The molecule has 0 unspecified atom stereocenters. The molecule has 31 heavy (non-hydrogen) atoms. The summed E-state index contributed by atoms with van der Waals surface area (Å²) < 4.78 is 29.3. The van der Waals surface area contributed by atoms with Crippen LogP contribution in [-0.4, -0.2) is 10.3 Å². The van der Waals surface area contributed by atoms with Crippen LogP contribution in [0.25, 0.3) is 16.9 Å². The van der Waals surface area contributed by atoms with Crippen molar-refractivity contribution in [2.75, 3.05) is 0 Å². The molecule has 0 aliphatic rings. The Hall–Kier alpha value is -3.73. The molecule has 3 nitrogen and oxygen atoms in total. The highest BCUT2D eigenvalue weighted by atomic mass is 19.1. The minimum atomic E-state index is -0.308. The van der Waals surface area contributed by atoms with Gasteiger partial charge in [-0.3, -0.25) is 0 Å². The average Bonchev–Trinajstić information content (AvgIpc) is 3.11. The predicted molar refractivity (Wildman–Crippen MR) is 119 cm³/mol. The molecule has 0 amide bonds. The van der Waals surface area contributed by atoms with Gasteiger partial charge >= 0.3 is 0 Å². The van der Waals surface area contributed by atoms with Crippen LogP contribution in [0.4, 0.5) is 8.78 Å². The van der Waals surface area contributed by atoms with E-state index >= 15 is 0 Å². The maximum absolute atomic E-state index is 14.0. The van der Waals surface area contributed by atoms with E-state index in [0.29, 0.717) is 11.3 Å². The predicted octanol–water partition coefficient (Wildman–Crippen LogP) is 6.67. The van der Waals surface area contributed by atoms with E-state index in [1.165, 1.54) is 24.3 Å². The third-order valence-corrected chi connectivity index (χ3v) is 5.09. The van der Waals surface area contributed by atoms with Gasteiger partial charge in [0.05, 0.1) is 11.4 Å². The third kappa shape index (κ3) is 4.56. The van der Waals surface area contributed by atoms with Crippen LogP contribution in [0.2, 0.25) is 0 Å². The minimum absolute atomic E-state index is 0.171. The lowest BCUT2D eigenvalue weighted by atomic mass is 10.1. The zero-order valence-electron chi connectivity index (χ0n) is 17.3. The molecule has 3 aromatic carbocycles. The van der Waals surface area contributed by atoms with Crippen LogP contribution in [0.5, 0.6) is 0 Å². The van der Waals surface area contributed by atoms with Crippen molar-refractivity contribution >= 4 is 5.71 Å². The Bertz CT molecular complexity index is 1230. The van der Waals surface area contributed by atoms with E-state index in [-0.39, 0.29) is 18.2 Å². The molecule has 4 rings (SSSR count). The summed E-state index contributed by atoms with van der Waals surface area (Å²) in [7, 11) is 0. The zero-order chi connectivity index (χ0) is 21.8. The molecular formula is C26H22F2N2O. The molecule has 0 saturated heterocycles. The zero-order valence-corrected chi connectivity index (χ0v) is 17.3. The maximum Gasteiger partial charge on any atom is 0.142 e. The van der Waals surface area contributed by atoms with Crippen molar-refractivity contribution in [3.05, 3.63) is 113 Å². The molecule has 1 aromatic heterocycles. The lowest BCUT2D eigenvalue weighted by molar-refractivity contribution is 0.130. The summed E-state index contributed by atoms with van der Waals surface area (Å²) in [6.07, 6.45) is 0. The number of hydrogen-bond donors (Lipinski definition) is 0. The fourth-order valence-corrected chi connectivity index (χ4v) is 3.62. The number of benzene rings is 3. The van der Waals surface area contributed by atoms with Crippen LogP contribution < -0.4 is 0 Å². The average molecular weight is 416 g/mol.